The van der Waals surface area contributed by atoms with Gasteiger partial charge in [-0.25, -0.2) is 4.79 Å². The molecule has 0 aliphatic rings. The molecule has 186 valence electrons. The van der Waals surface area contributed by atoms with Crippen LogP contribution < -0.4 is 21.7 Å². The molecule has 0 spiro atoms. The van der Waals surface area contributed by atoms with Gasteiger partial charge in [-0.1, -0.05) is 18.2 Å². The molecule has 0 radical (unpaired) electrons. The van der Waals surface area contributed by atoms with Crippen molar-refractivity contribution in [2.75, 3.05) is 12.4 Å². The Labute approximate surface area is 200 Å². The first-order valence-electron chi connectivity index (χ1n) is 10.4. The predicted octanol–water partition coefficient (Wildman–Crippen LogP) is -2.12. The molecule has 0 aliphatic heterocycles. The van der Waals surface area contributed by atoms with Gasteiger partial charge in [-0.3, -0.25) is 14.4 Å². The van der Waals surface area contributed by atoms with Crippen molar-refractivity contribution in [3.63, 3.8) is 0 Å². The third kappa shape index (κ3) is 6.93. The van der Waals surface area contributed by atoms with Crippen molar-refractivity contribution in [2.24, 2.45) is 5.73 Å². The maximum atomic E-state index is 12.5. The number of carboxylic acid groups (broad SMARTS) is 1. The fourth-order valence-corrected chi connectivity index (χ4v) is 3.47. The highest BCUT2D eigenvalue weighted by Gasteiger charge is 2.31. The number of aromatic nitrogens is 1. The van der Waals surface area contributed by atoms with Crippen molar-refractivity contribution in [3.05, 3.63) is 36.0 Å². The highest BCUT2D eigenvalue weighted by atomic mass is 32.1. The number of fused-ring (bicyclic) bond motifs is 1. The van der Waals surface area contributed by atoms with Gasteiger partial charge in [-0.15, -0.1) is 0 Å². The van der Waals surface area contributed by atoms with E-state index in [2.05, 4.69) is 33.6 Å². The highest BCUT2D eigenvalue weighted by Crippen LogP contribution is 2.18. The molecule has 2 aromatic rings. The fraction of sp³-hybridized carbons (Fsp3) is 0.429. The van der Waals surface area contributed by atoms with E-state index < -0.39 is 60.6 Å². The van der Waals surface area contributed by atoms with Crippen LogP contribution in [0, 0.1) is 0 Å². The average Bonchev–Trinajstić information content (AvgIpc) is 3.21. The van der Waals surface area contributed by atoms with E-state index in [1.54, 1.807) is 6.20 Å². The zero-order chi connectivity index (χ0) is 25.4. The number of aliphatic hydroxyl groups excluding tert-OH is 2. The van der Waals surface area contributed by atoms with Crippen LogP contribution in [0.25, 0.3) is 10.9 Å². The van der Waals surface area contributed by atoms with E-state index >= 15 is 0 Å². The smallest absolute Gasteiger partial charge is 0.328 e. The number of benzene rings is 1. The van der Waals surface area contributed by atoms with E-state index in [1.807, 2.05) is 24.3 Å². The Hall–Kier alpha value is -3.13. The van der Waals surface area contributed by atoms with Crippen molar-refractivity contribution in [2.45, 2.75) is 43.6 Å². The zero-order valence-corrected chi connectivity index (χ0v) is 19.3. The van der Waals surface area contributed by atoms with Gasteiger partial charge in [0.1, 0.15) is 12.1 Å². The van der Waals surface area contributed by atoms with E-state index in [0.717, 1.165) is 16.5 Å². The number of para-hydroxylation sites is 1. The number of carbonyl (C=O) groups excluding carboxylic acids is 3. The molecule has 0 saturated heterocycles. The Bertz CT molecular complexity index is 1030. The topological polar surface area (TPSA) is 207 Å². The summed E-state index contributed by atoms with van der Waals surface area (Å²) in [6.07, 6.45) is 0.523. The van der Waals surface area contributed by atoms with Gasteiger partial charge in [0.2, 0.25) is 17.7 Å². The van der Waals surface area contributed by atoms with E-state index in [1.165, 1.54) is 6.92 Å². The molecule has 5 atom stereocenters. The monoisotopic (exact) mass is 495 g/mol. The Morgan fingerprint density at radius 2 is 1.68 bits per heavy atom. The van der Waals surface area contributed by atoms with Gasteiger partial charge >= 0.3 is 5.97 Å². The lowest BCUT2D eigenvalue weighted by atomic mass is 10.0. The molecule has 12 nitrogen and oxygen atoms in total. The van der Waals surface area contributed by atoms with Gasteiger partial charge in [0.25, 0.3) is 0 Å². The van der Waals surface area contributed by atoms with Crippen LogP contribution in [0.3, 0.4) is 0 Å². The highest BCUT2D eigenvalue weighted by molar-refractivity contribution is 7.80. The van der Waals surface area contributed by atoms with Gasteiger partial charge in [0.15, 0.2) is 6.04 Å². The summed E-state index contributed by atoms with van der Waals surface area (Å²) in [6, 6.07) is 2.16. The van der Waals surface area contributed by atoms with E-state index in [0.29, 0.717) is 0 Å². The van der Waals surface area contributed by atoms with Gasteiger partial charge in [-0.2, -0.15) is 12.6 Å². The third-order valence-electron chi connectivity index (χ3n) is 5.13. The molecule has 3 amide bonds. The summed E-state index contributed by atoms with van der Waals surface area (Å²) in [5.74, 6) is -4.16. The number of thiol groups is 1. The largest absolute Gasteiger partial charge is 0.480 e. The number of hydrogen-bond donors (Lipinski definition) is 9. The molecule has 5 unspecified atom stereocenters. The van der Waals surface area contributed by atoms with Crippen molar-refractivity contribution < 1.29 is 34.5 Å². The molecule has 1 aromatic carbocycles. The van der Waals surface area contributed by atoms with Gasteiger partial charge < -0.3 is 42.0 Å². The van der Waals surface area contributed by atoms with E-state index in [-0.39, 0.29) is 12.2 Å². The lowest BCUT2D eigenvalue weighted by molar-refractivity contribution is -0.145. The third-order valence-corrected chi connectivity index (χ3v) is 5.49. The van der Waals surface area contributed by atoms with Gasteiger partial charge in [-0.05, 0) is 25.0 Å². The lowest BCUT2D eigenvalue weighted by Gasteiger charge is -2.24. The molecule has 34 heavy (non-hydrogen) atoms. The molecule has 1 aromatic heterocycles. The minimum absolute atomic E-state index is 0.174. The number of aromatic amines is 1. The van der Waals surface area contributed by atoms with E-state index in [4.69, 9.17) is 10.8 Å². The van der Waals surface area contributed by atoms with Crippen LogP contribution in [0.4, 0.5) is 0 Å². The second-order valence-corrected chi connectivity index (χ2v) is 8.09. The van der Waals surface area contributed by atoms with Crippen LogP contribution >= 0.6 is 12.6 Å². The minimum Gasteiger partial charge on any atom is -0.480 e. The van der Waals surface area contributed by atoms with Crippen LogP contribution in [-0.4, -0.2) is 86.6 Å². The Balaban J connectivity index is 1.98. The lowest BCUT2D eigenvalue weighted by Crippen LogP contribution is -2.59. The molecule has 2 rings (SSSR count). The molecule has 0 aliphatic carbocycles. The Morgan fingerprint density at radius 1 is 1.06 bits per heavy atom. The van der Waals surface area contributed by atoms with Crippen LogP contribution in [0.5, 0.6) is 0 Å². The average molecular weight is 496 g/mol. The van der Waals surface area contributed by atoms with Crippen molar-refractivity contribution >= 4 is 47.2 Å². The van der Waals surface area contributed by atoms with Crippen LogP contribution in [0.2, 0.25) is 0 Å². The predicted molar refractivity (Wildman–Crippen MR) is 126 cm³/mol. The van der Waals surface area contributed by atoms with Crippen molar-refractivity contribution in [1.29, 1.82) is 0 Å². The molecule has 13 heteroatoms. The summed E-state index contributed by atoms with van der Waals surface area (Å²) in [5.41, 5.74) is 7.69. The maximum Gasteiger partial charge on any atom is 0.328 e. The number of amides is 3. The SMILES string of the molecule is CC(O)C(NC(=O)C(CS)NC(=O)C(CO)NC(=O)C(N)Cc1c[nH]c2ccccc12)C(=O)O. The minimum atomic E-state index is -1.59. The van der Waals surface area contributed by atoms with Crippen LogP contribution in [0.15, 0.2) is 30.5 Å². The summed E-state index contributed by atoms with van der Waals surface area (Å²) in [4.78, 5) is 51.7. The second-order valence-electron chi connectivity index (χ2n) is 7.72. The molecule has 0 bridgehead atoms. The summed E-state index contributed by atoms with van der Waals surface area (Å²) < 4.78 is 0. The number of aliphatic carboxylic acids is 1. The summed E-state index contributed by atoms with van der Waals surface area (Å²) in [7, 11) is 0. The molecular formula is C21H29N5O7S. The van der Waals surface area contributed by atoms with Crippen LogP contribution in [0.1, 0.15) is 12.5 Å². The van der Waals surface area contributed by atoms with Crippen LogP contribution in [-0.2, 0) is 25.6 Å². The number of nitrogens with two attached hydrogens (primary N) is 1. The molecule has 0 saturated carbocycles. The summed E-state index contributed by atoms with van der Waals surface area (Å²) in [6.45, 7) is 0.411. The van der Waals surface area contributed by atoms with Crippen molar-refractivity contribution in [3.8, 4) is 0 Å². The second kappa shape index (κ2) is 12.4. The molecular weight excluding hydrogens is 466 g/mol. The van der Waals surface area contributed by atoms with E-state index in [9.17, 15) is 29.4 Å². The van der Waals surface area contributed by atoms with Gasteiger partial charge in [0, 0.05) is 22.9 Å². The summed E-state index contributed by atoms with van der Waals surface area (Å²) in [5, 5.41) is 35.8. The fourth-order valence-electron chi connectivity index (χ4n) is 3.21. The molecule has 0 fully saturated rings. The molecule has 1 heterocycles. The first-order valence-corrected chi connectivity index (χ1v) is 11.1. The number of aliphatic hydroxyl groups is 2. The number of nitrogens with one attached hydrogen (secondary N) is 4. The summed E-state index contributed by atoms with van der Waals surface area (Å²) >= 11 is 3.98. The Morgan fingerprint density at radius 3 is 2.26 bits per heavy atom. The van der Waals surface area contributed by atoms with Gasteiger partial charge in [0.05, 0.1) is 18.8 Å². The normalized spacial score (nSPS) is 15.6. The molecule has 9 N–H and O–H groups in total. The first kappa shape index (κ1) is 27.1. The quantitative estimate of drug-likeness (QED) is 0.148. The standard InChI is InChI=1S/C21H29N5O7S/c1-10(28)17(21(32)33)26-20(31)16(9-34)25-19(30)15(8-27)24-18(29)13(22)6-11-7-23-14-5-3-2-4-12(11)14/h2-5,7,10,13,15-17,23,27-28,34H,6,8-9,22H2,1H3,(H,24,29)(H,25,30)(H,26,31)(H,32,33). The maximum absolute atomic E-state index is 12.5. The number of carbonyl (C=O) groups is 4. The Kier molecular flexibility index (Phi) is 9.86. The zero-order valence-electron chi connectivity index (χ0n) is 18.4. The number of H-pyrrole nitrogens is 1. The number of hydrogen-bond acceptors (Lipinski definition) is 8. The first-order chi connectivity index (χ1) is 16.1. The van der Waals surface area contributed by atoms with Crippen molar-refractivity contribution in [1.82, 2.24) is 20.9 Å². The number of rotatable bonds is 12. The number of carboxylic acids is 1.